The number of nitrogens with one attached hydrogen (secondary N) is 1. The predicted octanol–water partition coefficient (Wildman–Crippen LogP) is 6.78. The number of thioether (sulfide) groups is 1. The van der Waals surface area contributed by atoms with Crippen LogP contribution in [0.3, 0.4) is 0 Å². The van der Waals surface area contributed by atoms with Gasteiger partial charge in [-0.1, -0.05) is 59.8 Å². The van der Waals surface area contributed by atoms with Gasteiger partial charge in [0.15, 0.2) is 10.9 Å². The molecule has 4 rings (SSSR count). The zero-order valence-electron chi connectivity index (χ0n) is 18.2. The van der Waals surface area contributed by atoms with Crippen molar-refractivity contribution in [1.29, 1.82) is 0 Å². The summed E-state index contributed by atoms with van der Waals surface area (Å²) >= 11 is 12.4. The zero-order chi connectivity index (χ0) is 25.9. The van der Waals surface area contributed by atoms with Crippen LogP contribution in [0.4, 0.5) is 24.5 Å². The van der Waals surface area contributed by atoms with Crippen LogP contribution < -0.4 is 15.0 Å². The molecule has 11 heteroatoms. The third-order valence-corrected chi connectivity index (χ3v) is 6.47. The Bertz CT molecular complexity index is 1360. The maximum atomic E-state index is 13.0. The largest absolute Gasteiger partial charge is 0.483 e. The highest BCUT2D eigenvalue weighted by Crippen LogP contribution is 2.37. The number of carbonyl (C=O) groups is 2. The van der Waals surface area contributed by atoms with Crippen molar-refractivity contribution in [1.82, 2.24) is 0 Å². The van der Waals surface area contributed by atoms with Crippen LogP contribution in [0.5, 0.6) is 5.75 Å². The van der Waals surface area contributed by atoms with Gasteiger partial charge < -0.3 is 10.1 Å². The van der Waals surface area contributed by atoms with Crippen LogP contribution in [0.1, 0.15) is 11.1 Å². The maximum Gasteiger partial charge on any atom is 0.416 e. The zero-order valence-corrected chi connectivity index (χ0v) is 20.6. The van der Waals surface area contributed by atoms with Gasteiger partial charge in [-0.2, -0.15) is 13.2 Å². The summed E-state index contributed by atoms with van der Waals surface area (Å²) in [5, 5.41) is 2.92. The Morgan fingerprint density at radius 1 is 1.08 bits per heavy atom. The summed E-state index contributed by atoms with van der Waals surface area (Å²) in [4.78, 5) is 27.1. The van der Waals surface area contributed by atoms with Gasteiger partial charge in [0.05, 0.1) is 16.2 Å². The molecule has 0 unspecified atom stereocenters. The van der Waals surface area contributed by atoms with Crippen molar-refractivity contribution < 1.29 is 27.5 Å². The lowest BCUT2D eigenvalue weighted by Gasteiger charge is -2.14. The number of thiocarbonyl (C=S) groups is 1. The van der Waals surface area contributed by atoms with Crippen molar-refractivity contribution in [3.63, 3.8) is 0 Å². The number of hydrogen-bond acceptors (Lipinski definition) is 5. The number of carbonyl (C=O) groups excluding carboxylic acids is 2. The molecule has 0 spiro atoms. The highest BCUT2D eigenvalue weighted by molar-refractivity contribution is 8.27. The summed E-state index contributed by atoms with van der Waals surface area (Å²) in [6.07, 6.45) is -2.92. The Morgan fingerprint density at radius 2 is 1.81 bits per heavy atom. The molecule has 1 aliphatic rings. The van der Waals surface area contributed by atoms with E-state index in [1.54, 1.807) is 54.6 Å². The number of anilines is 2. The van der Waals surface area contributed by atoms with Gasteiger partial charge in [-0.05, 0) is 54.6 Å². The van der Waals surface area contributed by atoms with Crippen LogP contribution in [0.15, 0.2) is 77.7 Å². The summed E-state index contributed by atoms with van der Waals surface area (Å²) < 4.78 is 44.6. The van der Waals surface area contributed by atoms with Crippen molar-refractivity contribution >= 4 is 69.2 Å². The molecule has 3 aromatic rings. The van der Waals surface area contributed by atoms with Crippen molar-refractivity contribution in [2.45, 2.75) is 6.18 Å². The van der Waals surface area contributed by atoms with E-state index in [0.29, 0.717) is 31.2 Å². The van der Waals surface area contributed by atoms with E-state index in [4.69, 9.17) is 28.6 Å². The van der Waals surface area contributed by atoms with Gasteiger partial charge in [-0.3, -0.25) is 14.5 Å². The van der Waals surface area contributed by atoms with Gasteiger partial charge in [0.25, 0.3) is 11.8 Å². The van der Waals surface area contributed by atoms with Crippen molar-refractivity contribution in [2.24, 2.45) is 0 Å². The molecule has 1 aliphatic heterocycles. The highest BCUT2D eigenvalue weighted by atomic mass is 35.5. The normalized spacial score (nSPS) is 14.9. The fourth-order valence-corrected chi connectivity index (χ4v) is 4.68. The molecular weight excluding hydrogens is 533 g/mol. The maximum absolute atomic E-state index is 13.0. The molecule has 1 fully saturated rings. The van der Waals surface area contributed by atoms with Crippen LogP contribution in [-0.4, -0.2) is 22.7 Å². The molecule has 5 nitrogen and oxygen atoms in total. The molecule has 0 bridgehead atoms. The first-order chi connectivity index (χ1) is 17.1. The molecule has 2 amide bonds. The van der Waals surface area contributed by atoms with Crippen LogP contribution in [0.25, 0.3) is 6.08 Å². The molecule has 0 saturated carbocycles. The number of halogens is 4. The van der Waals surface area contributed by atoms with Crippen LogP contribution in [0.2, 0.25) is 5.02 Å². The third-order valence-electron chi connectivity index (χ3n) is 4.92. The lowest BCUT2D eigenvalue weighted by molar-refractivity contribution is -0.137. The van der Waals surface area contributed by atoms with Gasteiger partial charge in [0.1, 0.15) is 5.75 Å². The lowest BCUT2D eigenvalue weighted by Crippen LogP contribution is -2.27. The molecule has 184 valence electrons. The number of nitrogens with zero attached hydrogens (tertiary/aromatic N) is 1. The van der Waals surface area contributed by atoms with Crippen molar-refractivity contribution in [2.75, 3.05) is 16.8 Å². The molecule has 0 aromatic heterocycles. The van der Waals surface area contributed by atoms with Crippen LogP contribution in [0, 0.1) is 0 Å². The number of ether oxygens (including phenoxy) is 1. The van der Waals surface area contributed by atoms with E-state index in [-0.39, 0.29) is 11.6 Å². The molecule has 0 atom stereocenters. The molecule has 1 N–H and O–H groups in total. The summed E-state index contributed by atoms with van der Waals surface area (Å²) in [5.41, 5.74) is 0.238. The van der Waals surface area contributed by atoms with E-state index in [1.807, 2.05) is 0 Å². The average Bonchev–Trinajstić information content (AvgIpc) is 3.11. The minimum absolute atomic E-state index is 0.00224. The van der Waals surface area contributed by atoms with Gasteiger partial charge in [-0.25, -0.2) is 0 Å². The van der Waals surface area contributed by atoms with E-state index >= 15 is 0 Å². The summed E-state index contributed by atoms with van der Waals surface area (Å²) in [6, 6.07) is 17.8. The summed E-state index contributed by atoms with van der Waals surface area (Å²) in [6.45, 7) is -0.452. The number of rotatable bonds is 6. The minimum atomic E-state index is -4.52. The number of hydrogen-bond donors (Lipinski definition) is 1. The standard InChI is InChI=1S/C25H16ClF3N2O3S2/c26-17-8-10-19(11-9-17)31-23(33)21(36-24(31)35)12-15-4-1-2-7-20(15)34-14-22(32)30-18-6-3-5-16(13-18)25(27,28)29/h1-13H,14H2,(H,30,32)/b21-12-. The number of alkyl halides is 3. The molecule has 0 aliphatic carbocycles. The smallest absolute Gasteiger partial charge is 0.416 e. The first-order valence-corrected chi connectivity index (χ1v) is 11.9. The fourth-order valence-electron chi connectivity index (χ4n) is 3.27. The van der Waals surface area contributed by atoms with Crippen LogP contribution >= 0.6 is 35.6 Å². The molecule has 1 saturated heterocycles. The first-order valence-electron chi connectivity index (χ1n) is 10.3. The number of amides is 2. The Labute approximate surface area is 218 Å². The second-order valence-corrected chi connectivity index (χ2v) is 9.56. The molecule has 36 heavy (non-hydrogen) atoms. The lowest BCUT2D eigenvalue weighted by atomic mass is 10.2. The SMILES string of the molecule is O=C(COc1ccccc1/C=C1\SC(=S)N(c2ccc(Cl)cc2)C1=O)Nc1cccc(C(F)(F)F)c1. The quantitative estimate of drug-likeness (QED) is 0.272. The van der Waals surface area contributed by atoms with Crippen molar-refractivity contribution in [3.05, 3.63) is 93.9 Å². The molecule has 1 heterocycles. The average molecular weight is 549 g/mol. The first kappa shape index (κ1) is 25.7. The Hall–Kier alpha value is -3.34. The van der Waals surface area contributed by atoms with Gasteiger partial charge in [0.2, 0.25) is 0 Å². The van der Waals surface area contributed by atoms with E-state index in [1.165, 1.54) is 17.0 Å². The topological polar surface area (TPSA) is 58.6 Å². The predicted molar refractivity (Wildman–Crippen MR) is 139 cm³/mol. The second-order valence-electron chi connectivity index (χ2n) is 7.45. The van der Waals surface area contributed by atoms with Crippen LogP contribution in [-0.2, 0) is 15.8 Å². The Kier molecular flexibility index (Phi) is 7.67. The highest BCUT2D eigenvalue weighted by Gasteiger charge is 2.33. The third kappa shape index (κ3) is 6.07. The van der Waals surface area contributed by atoms with Gasteiger partial charge in [-0.15, -0.1) is 0 Å². The fraction of sp³-hybridized carbons (Fsp3) is 0.0800. The van der Waals surface area contributed by atoms with Gasteiger partial charge in [0, 0.05) is 16.3 Å². The summed E-state index contributed by atoms with van der Waals surface area (Å²) in [5.74, 6) is -0.643. The number of para-hydroxylation sites is 1. The number of benzene rings is 3. The minimum Gasteiger partial charge on any atom is -0.483 e. The molecular formula is C25H16ClF3N2O3S2. The monoisotopic (exact) mass is 548 g/mol. The van der Waals surface area contributed by atoms with E-state index < -0.39 is 24.3 Å². The Balaban J connectivity index is 1.46. The van der Waals surface area contributed by atoms with Gasteiger partial charge >= 0.3 is 6.18 Å². The molecule has 0 radical (unpaired) electrons. The van der Waals surface area contributed by atoms with E-state index in [0.717, 1.165) is 23.9 Å². The molecule has 3 aromatic carbocycles. The Morgan fingerprint density at radius 3 is 2.53 bits per heavy atom. The second kappa shape index (κ2) is 10.7. The van der Waals surface area contributed by atoms with E-state index in [9.17, 15) is 22.8 Å². The van der Waals surface area contributed by atoms with E-state index in [2.05, 4.69) is 5.32 Å². The van der Waals surface area contributed by atoms with Crippen molar-refractivity contribution in [3.8, 4) is 5.75 Å². The summed E-state index contributed by atoms with van der Waals surface area (Å²) in [7, 11) is 0.